The lowest BCUT2D eigenvalue weighted by molar-refractivity contribution is 0.465. The van der Waals surface area contributed by atoms with Gasteiger partial charge in [0.15, 0.2) is 9.84 Å². The summed E-state index contributed by atoms with van der Waals surface area (Å²) in [4.78, 5) is 3.92. The molecule has 0 radical (unpaired) electrons. The number of aromatic nitrogens is 3. The number of thioether (sulfide) groups is 1. The van der Waals surface area contributed by atoms with Crippen molar-refractivity contribution < 1.29 is 12.8 Å². The summed E-state index contributed by atoms with van der Waals surface area (Å²) in [5, 5.41) is 8.31. The summed E-state index contributed by atoms with van der Waals surface area (Å²) in [5.74, 6) is 0.853. The van der Waals surface area contributed by atoms with Crippen LogP contribution in [0.15, 0.2) is 34.2 Å². The van der Waals surface area contributed by atoms with E-state index in [9.17, 15) is 8.42 Å². The predicted octanol–water partition coefficient (Wildman–Crippen LogP) is 1.41. The average Bonchev–Trinajstić information content (AvgIpc) is 2.98. The first-order valence-electron chi connectivity index (χ1n) is 5.73. The Hall–Kier alpha value is -1.41. The maximum atomic E-state index is 11.4. The van der Waals surface area contributed by atoms with E-state index in [1.807, 2.05) is 0 Å². The number of nitrogens with zero attached hydrogens (tertiary/aromatic N) is 3. The molecule has 2 aromatic heterocycles. The second-order valence-electron chi connectivity index (χ2n) is 4.25. The summed E-state index contributed by atoms with van der Waals surface area (Å²) in [6.07, 6.45) is 3.94. The first-order valence-corrected chi connectivity index (χ1v) is 8.43. The van der Waals surface area contributed by atoms with Crippen molar-refractivity contribution in [3.8, 4) is 11.5 Å². The molecule has 0 spiro atoms. The molecule has 1 aliphatic rings. The summed E-state index contributed by atoms with van der Waals surface area (Å²) in [6.45, 7) is 0. The van der Waals surface area contributed by atoms with Crippen LogP contribution in [0.5, 0.6) is 0 Å². The summed E-state index contributed by atoms with van der Waals surface area (Å²) in [5.41, 5.74) is 0.799. The Morgan fingerprint density at radius 3 is 2.74 bits per heavy atom. The van der Waals surface area contributed by atoms with Gasteiger partial charge in [0.05, 0.1) is 11.5 Å². The van der Waals surface area contributed by atoms with Crippen molar-refractivity contribution in [3.05, 3.63) is 24.5 Å². The van der Waals surface area contributed by atoms with E-state index < -0.39 is 9.84 Å². The molecule has 0 saturated carbocycles. The molecule has 1 unspecified atom stereocenters. The summed E-state index contributed by atoms with van der Waals surface area (Å²) >= 11 is 1.33. The molecule has 6 nitrogen and oxygen atoms in total. The zero-order valence-corrected chi connectivity index (χ0v) is 11.5. The van der Waals surface area contributed by atoms with Crippen LogP contribution in [0.1, 0.15) is 6.42 Å². The van der Waals surface area contributed by atoms with Crippen molar-refractivity contribution in [2.75, 3.05) is 11.5 Å². The van der Waals surface area contributed by atoms with Gasteiger partial charge < -0.3 is 4.42 Å². The lowest BCUT2D eigenvalue weighted by Crippen LogP contribution is -2.05. The van der Waals surface area contributed by atoms with Crippen LogP contribution in [0.25, 0.3) is 11.5 Å². The third-order valence-corrected chi connectivity index (χ3v) is 5.87. The molecule has 2 aromatic rings. The number of hydrogen-bond acceptors (Lipinski definition) is 7. The van der Waals surface area contributed by atoms with E-state index in [1.54, 1.807) is 24.5 Å². The van der Waals surface area contributed by atoms with E-state index in [0.717, 1.165) is 5.56 Å². The van der Waals surface area contributed by atoms with Gasteiger partial charge in [0.25, 0.3) is 5.22 Å². The molecule has 1 saturated heterocycles. The van der Waals surface area contributed by atoms with Crippen LogP contribution in [0, 0.1) is 0 Å². The molecule has 19 heavy (non-hydrogen) atoms. The second-order valence-corrected chi connectivity index (χ2v) is 7.73. The number of pyridine rings is 1. The van der Waals surface area contributed by atoms with Gasteiger partial charge in [-0.15, -0.1) is 10.2 Å². The van der Waals surface area contributed by atoms with Crippen molar-refractivity contribution in [2.45, 2.75) is 16.9 Å². The minimum atomic E-state index is -2.88. The summed E-state index contributed by atoms with van der Waals surface area (Å²) < 4.78 is 28.3. The highest BCUT2D eigenvalue weighted by Gasteiger charge is 2.30. The fourth-order valence-corrected chi connectivity index (χ4v) is 5.19. The minimum absolute atomic E-state index is 0.00994. The maximum Gasteiger partial charge on any atom is 0.277 e. The molecule has 0 N–H and O–H groups in total. The molecule has 8 heteroatoms. The Morgan fingerprint density at radius 2 is 2.05 bits per heavy atom. The van der Waals surface area contributed by atoms with Crippen LogP contribution in [0.4, 0.5) is 0 Å². The van der Waals surface area contributed by atoms with Crippen molar-refractivity contribution in [3.63, 3.8) is 0 Å². The van der Waals surface area contributed by atoms with Crippen LogP contribution >= 0.6 is 11.8 Å². The van der Waals surface area contributed by atoms with Gasteiger partial charge in [-0.05, 0) is 18.6 Å². The highest BCUT2D eigenvalue weighted by molar-refractivity contribution is 8.01. The van der Waals surface area contributed by atoms with Crippen molar-refractivity contribution in [1.29, 1.82) is 0 Å². The normalized spacial score (nSPS) is 21.6. The van der Waals surface area contributed by atoms with Gasteiger partial charge >= 0.3 is 0 Å². The van der Waals surface area contributed by atoms with Gasteiger partial charge in [0, 0.05) is 23.2 Å². The zero-order chi connectivity index (χ0) is 13.3. The summed E-state index contributed by atoms with van der Waals surface area (Å²) in [6, 6.07) is 3.56. The fraction of sp³-hybridized carbons (Fsp3) is 0.364. The Labute approximate surface area is 114 Å². The van der Waals surface area contributed by atoms with E-state index in [-0.39, 0.29) is 16.8 Å². The molecule has 0 bridgehead atoms. The average molecular weight is 297 g/mol. The smallest absolute Gasteiger partial charge is 0.277 e. The van der Waals surface area contributed by atoms with Gasteiger partial charge in [-0.3, -0.25) is 4.98 Å². The quantitative estimate of drug-likeness (QED) is 0.846. The number of hydrogen-bond donors (Lipinski definition) is 0. The lowest BCUT2D eigenvalue weighted by Gasteiger charge is -2.01. The standard InChI is InChI=1S/C11H11N3O3S2/c15-19(16)6-3-9(7-19)18-11-14-13-10(17-11)8-1-4-12-5-2-8/h1-2,4-5,9H,3,6-7H2. The van der Waals surface area contributed by atoms with Gasteiger partial charge in [0.1, 0.15) is 0 Å². The fourth-order valence-electron chi connectivity index (χ4n) is 1.86. The van der Waals surface area contributed by atoms with Gasteiger partial charge in [-0.25, -0.2) is 8.42 Å². The Balaban J connectivity index is 1.73. The molecule has 1 fully saturated rings. The van der Waals surface area contributed by atoms with E-state index >= 15 is 0 Å². The second kappa shape index (κ2) is 4.93. The van der Waals surface area contributed by atoms with Crippen molar-refractivity contribution in [2.24, 2.45) is 0 Å². The third-order valence-electron chi connectivity index (χ3n) is 2.79. The van der Waals surface area contributed by atoms with Gasteiger partial charge in [0.2, 0.25) is 5.89 Å². The van der Waals surface area contributed by atoms with Crippen LogP contribution in [-0.4, -0.2) is 40.4 Å². The van der Waals surface area contributed by atoms with Crippen LogP contribution in [-0.2, 0) is 9.84 Å². The van der Waals surface area contributed by atoms with Gasteiger partial charge in [-0.1, -0.05) is 11.8 Å². The third kappa shape index (κ3) is 2.95. The molecular weight excluding hydrogens is 286 g/mol. The largest absolute Gasteiger partial charge is 0.411 e. The Kier molecular flexibility index (Phi) is 3.28. The molecule has 1 atom stereocenters. The molecule has 3 rings (SSSR count). The van der Waals surface area contributed by atoms with E-state index in [2.05, 4.69) is 15.2 Å². The Morgan fingerprint density at radius 1 is 1.26 bits per heavy atom. The Bertz CT molecular complexity index is 670. The van der Waals surface area contributed by atoms with Crippen LogP contribution < -0.4 is 0 Å². The topological polar surface area (TPSA) is 86.0 Å². The molecule has 3 heterocycles. The summed E-state index contributed by atoms with van der Waals surface area (Å²) in [7, 11) is -2.88. The molecular formula is C11H11N3O3S2. The maximum absolute atomic E-state index is 11.4. The SMILES string of the molecule is O=S1(=O)CCC(Sc2nnc(-c3ccncc3)o2)C1. The van der Waals surface area contributed by atoms with E-state index in [4.69, 9.17) is 4.42 Å². The minimum Gasteiger partial charge on any atom is -0.411 e. The highest BCUT2D eigenvalue weighted by Crippen LogP contribution is 2.31. The number of sulfone groups is 1. The number of rotatable bonds is 3. The lowest BCUT2D eigenvalue weighted by atomic mass is 10.3. The highest BCUT2D eigenvalue weighted by atomic mass is 32.2. The van der Waals surface area contributed by atoms with Crippen LogP contribution in [0.3, 0.4) is 0 Å². The predicted molar refractivity (Wildman–Crippen MR) is 70.4 cm³/mol. The molecule has 0 aliphatic carbocycles. The van der Waals surface area contributed by atoms with Gasteiger partial charge in [-0.2, -0.15) is 0 Å². The first kappa shape index (κ1) is 12.6. The molecule has 0 amide bonds. The first-order chi connectivity index (χ1) is 9.12. The van der Waals surface area contributed by atoms with E-state index in [1.165, 1.54) is 11.8 Å². The molecule has 1 aliphatic heterocycles. The van der Waals surface area contributed by atoms with Crippen LogP contribution in [0.2, 0.25) is 0 Å². The van der Waals surface area contributed by atoms with Crippen molar-refractivity contribution >= 4 is 21.6 Å². The van der Waals surface area contributed by atoms with E-state index in [0.29, 0.717) is 17.5 Å². The molecule has 100 valence electrons. The monoisotopic (exact) mass is 297 g/mol. The zero-order valence-electron chi connectivity index (χ0n) is 9.89. The molecule has 0 aromatic carbocycles. The van der Waals surface area contributed by atoms with Crippen molar-refractivity contribution in [1.82, 2.24) is 15.2 Å².